The van der Waals surface area contributed by atoms with E-state index in [2.05, 4.69) is 29.0 Å². The number of ether oxygens (including phenoxy) is 3. The lowest BCUT2D eigenvalue weighted by atomic mass is 10.1. The molecule has 28 heavy (non-hydrogen) atoms. The van der Waals surface area contributed by atoms with Crippen molar-refractivity contribution in [2.24, 2.45) is 4.99 Å². The van der Waals surface area contributed by atoms with Crippen LogP contribution in [0.1, 0.15) is 38.7 Å². The van der Waals surface area contributed by atoms with Crippen molar-refractivity contribution in [1.29, 1.82) is 0 Å². The maximum Gasteiger partial charge on any atom is 0.213 e. The van der Waals surface area contributed by atoms with Gasteiger partial charge in [-0.05, 0) is 31.7 Å². The fourth-order valence-electron chi connectivity index (χ4n) is 3.38. The van der Waals surface area contributed by atoms with Crippen LogP contribution in [-0.4, -0.2) is 67.5 Å². The van der Waals surface area contributed by atoms with Crippen molar-refractivity contribution < 1.29 is 14.2 Å². The van der Waals surface area contributed by atoms with Crippen LogP contribution in [0, 0.1) is 0 Å². The van der Waals surface area contributed by atoms with E-state index < -0.39 is 0 Å². The molecular formula is C20H33IN4O3. The minimum atomic E-state index is 0. The van der Waals surface area contributed by atoms with Gasteiger partial charge < -0.3 is 24.4 Å². The normalized spacial score (nSPS) is 22.6. The molecule has 0 aromatic carbocycles. The first-order valence-electron chi connectivity index (χ1n) is 10.1. The van der Waals surface area contributed by atoms with Gasteiger partial charge in [0.05, 0.1) is 25.9 Å². The third-order valence-electron chi connectivity index (χ3n) is 4.77. The van der Waals surface area contributed by atoms with Crippen LogP contribution in [0.25, 0.3) is 0 Å². The second kappa shape index (κ2) is 12.4. The number of aliphatic imine (C=N–C) groups is 1. The van der Waals surface area contributed by atoms with Crippen molar-refractivity contribution in [1.82, 2.24) is 15.2 Å². The van der Waals surface area contributed by atoms with Gasteiger partial charge in [0.25, 0.3) is 0 Å². The molecule has 2 aliphatic heterocycles. The topological polar surface area (TPSA) is 68.2 Å². The number of rotatable bonds is 7. The molecule has 2 aliphatic rings. The summed E-state index contributed by atoms with van der Waals surface area (Å²) in [4.78, 5) is 11.5. The molecule has 1 aromatic rings. The van der Waals surface area contributed by atoms with Crippen LogP contribution in [-0.2, 0) is 16.0 Å². The van der Waals surface area contributed by atoms with Crippen LogP contribution in [0.5, 0.6) is 5.88 Å². The number of halogens is 1. The van der Waals surface area contributed by atoms with Gasteiger partial charge in [-0.15, -0.1) is 24.0 Å². The summed E-state index contributed by atoms with van der Waals surface area (Å²) in [7, 11) is 0. The van der Waals surface area contributed by atoms with E-state index >= 15 is 0 Å². The van der Waals surface area contributed by atoms with Crippen molar-refractivity contribution >= 4 is 29.9 Å². The molecule has 2 fully saturated rings. The molecule has 158 valence electrons. The smallest absolute Gasteiger partial charge is 0.213 e. The fraction of sp³-hybridized carbons (Fsp3) is 0.700. The lowest BCUT2D eigenvalue weighted by Crippen LogP contribution is -2.53. The Morgan fingerprint density at radius 2 is 2.14 bits per heavy atom. The second-order valence-corrected chi connectivity index (χ2v) is 6.93. The Hall–Kier alpha value is -1.13. The SMILES string of the molecule is CCCOc1ccc(CN=C(NCC)N2CCOC(C3CCCO3)C2)cn1.I. The minimum absolute atomic E-state index is 0. The molecule has 0 saturated carbocycles. The zero-order valence-electron chi connectivity index (χ0n) is 16.9. The van der Waals surface area contributed by atoms with Gasteiger partial charge in [0, 0.05) is 38.5 Å². The lowest BCUT2D eigenvalue weighted by molar-refractivity contribution is -0.0817. The van der Waals surface area contributed by atoms with Crippen molar-refractivity contribution in [2.45, 2.75) is 51.9 Å². The molecule has 0 amide bonds. The number of aromatic nitrogens is 1. The first-order chi connectivity index (χ1) is 13.3. The molecule has 3 heterocycles. The van der Waals surface area contributed by atoms with Crippen LogP contribution in [0.4, 0.5) is 0 Å². The third-order valence-corrected chi connectivity index (χ3v) is 4.77. The van der Waals surface area contributed by atoms with Gasteiger partial charge in [0.15, 0.2) is 5.96 Å². The summed E-state index contributed by atoms with van der Waals surface area (Å²) in [5.74, 6) is 1.60. The zero-order chi connectivity index (χ0) is 18.9. The number of pyridine rings is 1. The third kappa shape index (κ3) is 6.73. The molecule has 0 bridgehead atoms. The van der Waals surface area contributed by atoms with Crippen LogP contribution in [0.2, 0.25) is 0 Å². The average molecular weight is 504 g/mol. The summed E-state index contributed by atoms with van der Waals surface area (Å²) >= 11 is 0. The average Bonchev–Trinajstić information content (AvgIpc) is 3.25. The highest BCUT2D eigenvalue weighted by Crippen LogP contribution is 2.21. The van der Waals surface area contributed by atoms with E-state index in [1.165, 1.54) is 0 Å². The quantitative estimate of drug-likeness (QED) is 0.350. The Morgan fingerprint density at radius 1 is 1.29 bits per heavy atom. The molecule has 1 aromatic heterocycles. The summed E-state index contributed by atoms with van der Waals surface area (Å²) in [6.45, 7) is 9.51. The van der Waals surface area contributed by atoms with Crippen LogP contribution in [0.15, 0.2) is 23.3 Å². The molecule has 1 N–H and O–H groups in total. The summed E-state index contributed by atoms with van der Waals surface area (Å²) in [6, 6.07) is 3.94. The van der Waals surface area contributed by atoms with Gasteiger partial charge in [-0.2, -0.15) is 0 Å². The Labute approximate surface area is 185 Å². The summed E-state index contributed by atoms with van der Waals surface area (Å²) < 4.78 is 17.3. The Balaban J connectivity index is 0.00000280. The lowest BCUT2D eigenvalue weighted by Gasteiger charge is -2.37. The van der Waals surface area contributed by atoms with Gasteiger partial charge in [-0.25, -0.2) is 9.98 Å². The number of hydrogen-bond donors (Lipinski definition) is 1. The zero-order valence-corrected chi connectivity index (χ0v) is 19.3. The maximum absolute atomic E-state index is 5.96. The van der Waals surface area contributed by atoms with E-state index in [4.69, 9.17) is 19.2 Å². The van der Waals surface area contributed by atoms with E-state index in [0.29, 0.717) is 25.6 Å². The fourth-order valence-corrected chi connectivity index (χ4v) is 3.38. The molecule has 2 unspecified atom stereocenters. The van der Waals surface area contributed by atoms with E-state index in [1.807, 2.05) is 18.3 Å². The molecule has 8 heteroatoms. The summed E-state index contributed by atoms with van der Waals surface area (Å²) in [5, 5.41) is 3.41. The van der Waals surface area contributed by atoms with Crippen molar-refractivity contribution in [3.8, 4) is 5.88 Å². The predicted molar refractivity (Wildman–Crippen MR) is 121 cm³/mol. The van der Waals surface area contributed by atoms with Gasteiger partial charge in [-0.3, -0.25) is 0 Å². The summed E-state index contributed by atoms with van der Waals surface area (Å²) in [6.07, 6.45) is 5.38. The molecule has 2 atom stereocenters. The first-order valence-corrected chi connectivity index (χ1v) is 10.1. The highest BCUT2D eigenvalue weighted by molar-refractivity contribution is 14.0. The van der Waals surface area contributed by atoms with Gasteiger partial charge in [0.1, 0.15) is 6.10 Å². The summed E-state index contributed by atoms with van der Waals surface area (Å²) in [5.41, 5.74) is 1.07. The highest BCUT2D eigenvalue weighted by Gasteiger charge is 2.32. The molecular weight excluding hydrogens is 471 g/mol. The molecule has 0 aliphatic carbocycles. The van der Waals surface area contributed by atoms with E-state index in [9.17, 15) is 0 Å². The van der Waals surface area contributed by atoms with Crippen molar-refractivity contribution in [3.63, 3.8) is 0 Å². The second-order valence-electron chi connectivity index (χ2n) is 6.93. The highest BCUT2D eigenvalue weighted by atomic mass is 127. The molecule has 0 radical (unpaired) electrons. The number of morpholine rings is 1. The molecule has 3 rings (SSSR count). The van der Waals surface area contributed by atoms with E-state index in [-0.39, 0.29) is 36.2 Å². The maximum atomic E-state index is 5.96. The molecule has 0 spiro atoms. The molecule has 2 saturated heterocycles. The van der Waals surface area contributed by atoms with Crippen molar-refractivity contribution in [3.05, 3.63) is 23.9 Å². The standard InChI is InChI=1S/C20H32N4O3.HI/c1-3-10-27-19-8-7-16(13-22-19)14-23-20(21-4-2)24-9-12-26-18(15-24)17-6-5-11-25-17;/h7-8,13,17-18H,3-6,9-12,14-15H2,1-2H3,(H,21,23);1H. The number of guanidine groups is 1. The van der Waals surface area contributed by atoms with Gasteiger partial charge in [0.2, 0.25) is 5.88 Å². The number of nitrogens with one attached hydrogen (secondary N) is 1. The van der Waals surface area contributed by atoms with Crippen molar-refractivity contribution in [2.75, 3.05) is 39.5 Å². The van der Waals surface area contributed by atoms with Crippen LogP contribution < -0.4 is 10.1 Å². The number of nitrogens with zero attached hydrogens (tertiary/aromatic N) is 3. The Morgan fingerprint density at radius 3 is 2.82 bits per heavy atom. The predicted octanol–water partition coefficient (Wildman–Crippen LogP) is 2.83. The van der Waals surface area contributed by atoms with Crippen LogP contribution >= 0.6 is 24.0 Å². The Bertz CT molecular complexity index is 594. The number of hydrogen-bond acceptors (Lipinski definition) is 5. The minimum Gasteiger partial charge on any atom is -0.478 e. The van der Waals surface area contributed by atoms with E-state index in [0.717, 1.165) is 57.0 Å². The Kier molecular flexibility index (Phi) is 10.3. The van der Waals surface area contributed by atoms with Crippen LogP contribution in [0.3, 0.4) is 0 Å². The van der Waals surface area contributed by atoms with E-state index in [1.54, 1.807) is 0 Å². The van der Waals surface area contributed by atoms with Gasteiger partial charge in [-0.1, -0.05) is 13.0 Å². The molecule has 7 nitrogen and oxygen atoms in total. The monoisotopic (exact) mass is 504 g/mol. The van der Waals surface area contributed by atoms with Gasteiger partial charge >= 0.3 is 0 Å². The first kappa shape index (κ1) is 23.2. The largest absolute Gasteiger partial charge is 0.478 e.